The Morgan fingerprint density at radius 3 is 2.44 bits per heavy atom. The number of benzene rings is 2. The highest BCUT2D eigenvalue weighted by molar-refractivity contribution is 6.23. The van der Waals surface area contributed by atoms with Crippen LogP contribution in [0.4, 0.5) is 37.8 Å². The Morgan fingerprint density at radius 1 is 0.889 bits per heavy atom. The van der Waals surface area contributed by atoms with Crippen LogP contribution in [0.2, 0.25) is 0 Å². The van der Waals surface area contributed by atoms with Crippen LogP contribution in [-0.4, -0.2) is 152 Å². The van der Waals surface area contributed by atoms with Crippen LogP contribution in [0.3, 0.4) is 0 Å². The van der Waals surface area contributed by atoms with E-state index < -0.39 is 71.7 Å². The molecule has 0 spiro atoms. The van der Waals surface area contributed by atoms with Gasteiger partial charge in [0.15, 0.2) is 23.0 Å². The van der Waals surface area contributed by atoms with Gasteiger partial charge in [0.2, 0.25) is 11.8 Å². The number of aliphatic hydroxyl groups is 1. The Hall–Kier alpha value is -6.96. The van der Waals surface area contributed by atoms with Gasteiger partial charge in [-0.05, 0) is 68.0 Å². The molecule has 1 unspecified atom stereocenters. The fourth-order valence-electron chi connectivity index (χ4n) is 9.60. The van der Waals surface area contributed by atoms with Crippen LogP contribution in [0.5, 0.6) is 11.5 Å². The number of carbonyl (C=O) groups excluding carboxylic acids is 4. The molecule has 72 heavy (non-hydrogen) atoms. The Balaban J connectivity index is 0.799. The van der Waals surface area contributed by atoms with Gasteiger partial charge in [-0.1, -0.05) is 0 Å². The summed E-state index contributed by atoms with van der Waals surface area (Å²) in [6.07, 6.45) is 1.12. The first-order chi connectivity index (χ1) is 34.6. The zero-order chi connectivity index (χ0) is 50.8. The van der Waals surface area contributed by atoms with Crippen molar-refractivity contribution in [2.24, 2.45) is 5.73 Å². The minimum atomic E-state index is -3.39. The third kappa shape index (κ3) is 10.5. The number of hydrogen-bond donors (Lipinski definition) is 4. The molecular formula is C47H49F6N11O8. The number of nitrogens with one attached hydrogen (secondary N) is 2. The summed E-state index contributed by atoms with van der Waals surface area (Å²) in [5, 5.41) is 16.1. The van der Waals surface area contributed by atoms with Gasteiger partial charge in [0.05, 0.1) is 60.3 Å². The fraction of sp³-hybridized carbons (Fsp3) is 0.447. The number of anilines is 2. The highest BCUT2D eigenvalue weighted by Crippen LogP contribution is 2.36. The van der Waals surface area contributed by atoms with Crippen LogP contribution in [0, 0.1) is 11.6 Å². The van der Waals surface area contributed by atoms with E-state index in [-0.39, 0.29) is 74.0 Å². The molecule has 9 rings (SSSR count). The molecular weight excluding hydrogens is 961 g/mol. The summed E-state index contributed by atoms with van der Waals surface area (Å²) in [4.78, 5) is 72.8. The number of carbonyl (C=O) groups is 4. The average molecular weight is 1010 g/mol. The molecule has 3 fully saturated rings. The van der Waals surface area contributed by atoms with Crippen molar-refractivity contribution < 1.29 is 64.8 Å². The van der Waals surface area contributed by atoms with Crippen molar-refractivity contribution in [1.29, 1.82) is 0 Å². The number of likely N-dealkylation sites (tertiary alicyclic amines) is 1. The van der Waals surface area contributed by atoms with Crippen molar-refractivity contribution in [1.82, 2.24) is 39.6 Å². The molecule has 0 saturated carbocycles. The lowest BCUT2D eigenvalue weighted by Gasteiger charge is -2.44. The Bertz CT molecular complexity index is 2870. The normalized spacial score (nSPS) is 20.4. The molecule has 25 heteroatoms. The lowest BCUT2D eigenvalue weighted by atomic mass is 9.84. The predicted molar refractivity (Wildman–Crippen MR) is 244 cm³/mol. The van der Waals surface area contributed by atoms with Gasteiger partial charge < -0.3 is 44.7 Å². The topological polar surface area (TPSA) is 232 Å². The van der Waals surface area contributed by atoms with Gasteiger partial charge in [-0.25, -0.2) is 32.5 Å². The summed E-state index contributed by atoms with van der Waals surface area (Å²) in [6.45, 7) is -0.170. The van der Waals surface area contributed by atoms with Crippen molar-refractivity contribution in [3.8, 4) is 22.8 Å². The minimum absolute atomic E-state index is 0.0107. The number of rotatable bonds is 18. The highest BCUT2D eigenvalue weighted by Gasteiger charge is 2.45. The molecule has 5 aromatic rings. The van der Waals surface area contributed by atoms with Crippen molar-refractivity contribution in [3.63, 3.8) is 0 Å². The van der Waals surface area contributed by atoms with Gasteiger partial charge in [0, 0.05) is 56.8 Å². The lowest BCUT2D eigenvalue weighted by Crippen LogP contribution is -2.63. The zero-order valence-corrected chi connectivity index (χ0v) is 38.4. The second kappa shape index (κ2) is 21.0. The van der Waals surface area contributed by atoms with E-state index in [9.17, 15) is 46.2 Å². The van der Waals surface area contributed by atoms with Crippen molar-refractivity contribution in [2.45, 2.75) is 81.8 Å². The molecule has 4 aliphatic rings. The van der Waals surface area contributed by atoms with E-state index in [1.807, 2.05) is 0 Å². The number of nitrogens with zero attached hydrogens (tertiary/aromatic N) is 8. The molecule has 3 aromatic heterocycles. The van der Waals surface area contributed by atoms with Gasteiger partial charge in [-0.15, -0.1) is 0 Å². The molecule has 7 heterocycles. The standard InChI is InChI=1S/C47H49F6N11O8/c48-31-19-36(72-46(52)53)32(49)18-30(31)33-16-25(35(20-55-33)62-9-1-8-47(54,22-62)39(66)40(50)51)21-63-24-58-38-41(56-23-57-42(38)63)59-26-6-10-61(11-7-26)12-13-70-14-15-71-27-2-3-28-29(17-27)45(69)64(44(28)68)34-4-5-37(65)60-43(34)67/h2-3,16-20,23-24,26,34,39-40,46,66H,1,4-15,21-22,54H2,(H,56,57,59)(H,60,65,67)/t34?,39-,47+/m0/s1. The van der Waals surface area contributed by atoms with Gasteiger partial charge in [-0.2, -0.15) is 8.78 Å². The van der Waals surface area contributed by atoms with Gasteiger partial charge in [0.1, 0.15) is 42.2 Å². The summed E-state index contributed by atoms with van der Waals surface area (Å²) in [5.74, 6) is -4.85. The quantitative estimate of drug-likeness (QED) is 0.0550. The number of alkyl halides is 4. The van der Waals surface area contributed by atoms with E-state index in [4.69, 9.17) is 15.2 Å². The molecule has 2 aromatic carbocycles. The van der Waals surface area contributed by atoms with Gasteiger partial charge in [-0.3, -0.25) is 34.4 Å². The van der Waals surface area contributed by atoms with E-state index >= 15 is 4.39 Å². The molecule has 382 valence electrons. The number of pyridine rings is 1. The third-order valence-electron chi connectivity index (χ3n) is 13.3. The van der Waals surface area contributed by atoms with Crippen molar-refractivity contribution >= 4 is 46.3 Å². The summed E-state index contributed by atoms with van der Waals surface area (Å²) in [7, 11) is 0. The molecule has 5 N–H and O–H groups in total. The molecule has 3 atom stereocenters. The second-order valence-corrected chi connectivity index (χ2v) is 18.0. The Morgan fingerprint density at radius 2 is 1.68 bits per heavy atom. The first-order valence-electron chi connectivity index (χ1n) is 23.2. The molecule has 0 radical (unpaired) electrons. The van der Waals surface area contributed by atoms with Crippen molar-refractivity contribution in [2.75, 3.05) is 62.8 Å². The number of piperidine rings is 3. The first-order valence-corrected chi connectivity index (χ1v) is 23.2. The predicted octanol–water partition coefficient (Wildman–Crippen LogP) is 4.11. The van der Waals surface area contributed by atoms with Gasteiger partial charge in [0.25, 0.3) is 18.2 Å². The molecule has 3 saturated heterocycles. The van der Waals surface area contributed by atoms with E-state index in [0.717, 1.165) is 30.8 Å². The fourth-order valence-corrected chi connectivity index (χ4v) is 9.60. The van der Waals surface area contributed by atoms with Crippen LogP contribution in [0.1, 0.15) is 64.8 Å². The highest BCUT2D eigenvalue weighted by atomic mass is 19.3. The molecule has 4 aliphatic heterocycles. The van der Waals surface area contributed by atoms with Crippen LogP contribution >= 0.6 is 0 Å². The number of ether oxygens (including phenoxy) is 3. The Labute approximate surface area is 406 Å². The van der Waals surface area contributed by atoms with Crippen molar-refractivity contribution in [3.05, 3.63) is 83.6 Å². The summed E-state index contributed by atoms with van der Waals surface area (Å²) < 4.78 is 101. The molecule has 0 aliphatic carbocycles. The van der Waals surface area contributed by atoms with E-state index in [0.29, 0.717) is 72.2 Å². The average Bonchev–Trinajstić information content (AvgIpc) is 3.87. The number of aromatic nitrogens is 5. The van der Waals surface area contributed by atoms with Crippen LogP contribution in [-0.2, 0) is 20.9 Å². The maximum absolute atomic E-state index is 15.4. The minimum Gasteiger partial charge on any atom is -0.491 e. The van der Waals surface area contributed by atoms with E-state index in [2.05, 4.69) is 40.2 Å². The first kappa shape index (κ1) is 50.0. The van der Waals surface area contributed by atoms with Crippen LogP contribution in [0.25, 0.3) is 22.4 Å². The van der Waals surface area contributed by atoms with Crippen LogP contribution in [0.15, 0.2) is 55.2 Å². The SMILES string of the molecule is N[C@]1([C@@H](O)C(F)F)CCCN(c2cnc(-c3cc(F)c(OC(F)F)cc3F)cc2Cn2cnc3c(NC4CCN(CCOCCOc5ccc6c(c5)C(=O)N(C5CCC(=O)NC5=O)C6=O)CC4)ncnc32)C1. The number of hydrogen-bond acceptors (Lipinski definition) is 16. The third-order valence-corrected chi connectivity index (χ3v) is 13.3. The number of amides is 4. The summed E-state index contributed by atoms with van der Waals surface area (Å²) >= 11 is 0. The number of halogens is 6. The summed E-state index contributed by atoms with van der Waals surface area (Å²) in [5.41, 5.74) is 6.25. The number of imide groups is 2. The molecule has 19 nitrogen and oxygen atoms in total. The Kier molecular flexibility index (Phi) is 14.6. The second-order valence-electron chi connectivity index (χ2n) is 18.0. The largest absolute Gasteiger partial charge is 0.491 e. The van der Waals surface area contributed by atoms with Crippen LogP contribution < -0.4 is 30.7 Å². The molecule has 0 bridgehead atoms. The van der Waals surface area contributed by atoms with E-state index in [1.54, 1.807) is 15.5 Å². The van der Waals surface area contributed by atoms with Gasteiger partial charge >= 0.3 is 6.61 Å². The molecule has 4 amide bonds. The number of nitrogens with two attached hydrogens (primary N) is 1. The summed E-state index contributed by atoms with van der Waals surface area (Å²) in [6, 6.07) is 6.13. The number of imidazole rings is 1. The number of aliphatic hydroxyl groups excluding tert-OH is 1. The smallest absolute Gasteiger partial charge is 0.387 e. The maximum atomic E-state index is 15.4. The monoisotopic (exact) mass is 1010 g/mol. The number of fused-ring (bicyclic) bond motifs is 2. The zero-order valence-electron chi connectivity index (χ0n) is 38.4. The van der Waals surface area contributed by atoms with E-state index in [1.165, 1.54) is 37.1 Å². The maximum Gasteiger partial charge on any atom is 0.387 e. The lowest BCUT2D eigenvalue weighted by molar-refractivity contribution is -0.136.